The minimum Gasteiger partial charge on any atom is -0.460 e. The number of benzene rings is 2. The highest BCUT2D eigenvalue weighted by Gasteiger charge is 2.45. The topological polar surface area (TPSA) is 55.4 Å². The van der Waals surface area contributed by atoms with Gasteiger partial charge >= 0.3 is 12.1 Å². The maximum atomic E-state index is 13.7. The number of hydrogen-bond acceptors (Lipinski definition) is 3. The van der Waals surface area contributed by atoms with Crippen molar-refractivity contribution in [2.75, 3.05) is 5.32 Å². The molecule has 2 aromatic rings. The molecule has 8 heteroatoms. The average Bonchev–Trinajstić information content (AvgIpc) is 2.72. The maximum absolute atomic E-state index is 13.7. The Labute approximate surface area is 216 Å². The SMILES string of the molecule is CC(C(C(=O)Nc1cc(CCC(=O)OC(C)(C)C)ccc1Cl)c1ccc(C(C)(C)C)cc1)C(F)(F)F. The van der Waals surface area contributed by atoms with E-state index in [2.05, 4.69) is 5.32 Å². The number of amides is 1. The summed E-state index contributed by atoms with van der Waals surface area (Å²) in [5, 5.41) is 2.77. The largest absolute Gasteiger partial charge is 0.460 e. The molecule has 0 heterocycles. The van der Waals surface area contributed by atoms with E-state index in [1.165, 1.54) is 0 Å². The molecule has 0 spiro atoms. The Bertz CT molecular complexity index is 1070. The van der Waals surface area contributed by atoms with Crippen molar-refractivity contribution >= 4 is 29.2 Å². The van der Waals surface area contributed by atoms with Crippen LogP contribution in [0.25, 0.3) is 0 Å². The summed E-state index contributed by atoms with van der Waals surface area (Å²) < 4.78 is 46.5. The van der Waals surface area contributed by atoms with Gasteiger partial charge in [0.1, 0.15) is 5.60 Å². The van der Waals surface area contributed by atoms with Crippen molar-refractivity contribution in [3.8, 4) is 0 Å². The first kappa shape index (κ1) is 29.7. The Balaban J connectivity index is 2.29. The lowest BCUT2D eigenvalue weighted by atomic mass is 9.82. The number of anilines is 1. The molecule has 1 N–H and O–H groups in total. The van der Waals surface area contributed by atoms with E-state index in [-0.39, 0.29) is 34.1 Å². The predicted molar refractivity (Wildman–Crippen MR) is 137 cm³/mol. The summed E-state index contributed by atoms with van der Waals surface area (Å²) in [6, 6.07) is 11.5. The van der Waals surface area contributed by atoms with Gasteiger partial charge in [-0.2, -0.15) is 13.2 Å². The summed E-state index contributed by atoms with van der Waals surface area (Å²) >= 11 is 6.25. The molecule has 2 unspecified atom stereocenters. The number of carbonyl (C=O) groups is 2. The second-order valence-corrected chi connectivity index (χ2v) is 11.5. The van der Waals surface area contributed by atoms with E-state index in [4.69, 9.17) is 16.3 Å². The van der Waals surface area contributed by atoms with Crippen LogP contribution in [0.4, 0.5) is 18.9 Å². The molecule has 0 aliphatic rings. The zero-order valence-electron chi connectivity index (χ0n) is 21.8. The first-order valence-electron chi connectivity index (χ1n) is 11.9. The first-order chi connectivity index (χ1) is 16.4. The quantitative estimate of drug-likeness (QED) is 0.375. The summed E-state index contributed by atoms with van der Waals surface area (Å²) in [5.74, 6) is -4.58. The number of halogens is 4. The summed E-state index contributed by atoms with van der Waals surface area (Å²) in [7, 11) is 0. The van der Waals surface area contributed by atoms with Crippen molar-refractivity contribution in [3.63, 3.8) is 0 Å². The van der Waals surface area contributed by atoms with Gasteiger partial charge in [-0.15, -0.1) is 0 Å². The van der Waals surface area contributed by atoms with Crippen LogP contribution in [0.15, 0.2) is 42.5 Å². The molecule has 2 atom stereocenters. The van der Waals surface area contributed by atoms with Crippen LogP contribution in [0.3, 0.4) is 0 Å². The van der Waals surface area contributed by atoms with Crippen LogP contribution in [0.1, 0.15) is 77.5 Å². The molecule has 36 heavy (non-hydrogen) atoms. The van der Waals surface area contributed by atoms with E-state index in [9.17, 15) is 22.8 Å². The van der Waals surface area contributed by atoms with Gasteiger partial charge < -0.3 is 10.1 Å². The fraction of sp³-hybridized carbons (Fsp3) is 0.500. The molecule has 4 nitrogen and oxygen atoms in total. The zero-order valence-corrected chi connectivity index (χ0v) is 22.6. The Morgan fingerprint density at radius 2 is 1.56 bits per heavy atom. The lowest BCUT2D eigenvalue weighted by Gasteiger charge is -2.27. The van der Waals surface area contributed by atoms with Crippen molar-refractivity contribution in [1.82, 2.24) is 0 Å². The number of carbonyl (C=O) groups excluding carboxylic acids is 2. The number of rotatable bonds is 7. The van der Waals surface area contributed by atoms with Crippen molar-refractivity contribution in [2.45, 2.75) is 84.4 Å². The second-order valence-electron chi connectivity index (χ2n) is 11.1. The molecule has 1 amide bonds. The Kier molecular flexibility index (Phi) is 9.27. The normalized spacial score (nSPS) is 14.2. The summed E-state index contributed by atoms with van der Waals surface area (Å²) in [4.78, 5) is 25.3. The molecular formula is C28H35ClF3NO3. The van der Waals surface area contributed by atoms with Crippen LogP contribution in [0, 0.1) is 5.92 Å². The molecule has 0 aromatic heterocycles. The van der Waals surface area contributed by atoms with Gasteiger partial charge in [0.25, 0.3) is 0 Å². The highest BCUT2D eigenvalue weighted by atomic mass is 35.5. The molecule has 0 aliphatic carbocycles. The van der Waals surface area contributed by atoms with Crippen LogP contribution in [-0.2, 0) is 26.2 Å². The molecule has 0 saturated carbocycles. The highest BCUT2D eigenvalue weighted by Crippen LogP contribution is 2.39. The number of esters is 1. The van der Waals surface area contributed by atoms with Gasteiger partial charge in [-0.1, -0.05) is 69.6 Å². The summed E-state index contributed by atoms with van der Waals surface area (Å²) in [5.41, 5.74) is 1.31. The number of alkyl halides is 3. The van der Waals surface area contributed by atoms with Crippen molar-refractivity contribution < 1.29 is 27.5 Å². The third-order valence-corrected chi connectivity index (χ3v) is 6.09. The van der Waals surface area contributed by atoms with Crippen LogP contribution in [0.2, 0.25) is 5.02 Å². The summed E-state index contributed by atoms with van der Waals surface area (Å²) in [6.45, 7) is 12.3. The number of nitrogens with one attached hydrogen (secondary N) is 1. The van der Waals surface area contributed by atoms with Crippen LogP contribution < -0.4 is 5.32 Å². The highest BCUT2D eigenvalue weighted by molar-refractivity contribution is 6.33. The second kappa shape index (κ2) is 11.2. The standard InChI is InChI=1S/C28H35ClF3NO3/c1-17(28(30,31)32)24(19-10-12-20(13-11-19)26(2,3)4)25(35)33-22-16-18(8-14-21(22)29)9-15-23(34)36-27(5,6)7/h8,10-14,16-17,24H,9,15H2,1-7H3,(H,33,35). The minimum absolute atomic E-state index is 0.111. The number of aryl methyl sites for hydroxylation is 1. The van der Waals surface area contributed by atoms with Crippen LogP contribution in [-0.4, -0.2) is 23.7 Å². The zero-order chi connectivity index (χ0) is 27.5. The maximum Gasteiger partial charge on any atom is 0.392 e. The van der Waals surface area contributed by atoms with E-state index < -0.39 is 29.5 Å². The molecule has 0 radical (unpaired) electrons. The minimum atomic E-state index is -4.58. The molecule has 0 fully saturated rings. The Hall–Kier alpha value is -2.54. The third kappa shape index (κ3) is 8.54. The molecule has 198 valence electrons. The van der Waals surface area contributed by atoms with Gasteiger partial charge in [0.2, 0.25) is 5.91 Å². The van der Waals surface area contributed by atoms with Crippen LogP contribution >= 0.6 is 11.6 Å². The lowest BCUT2D eigenvalue weighted by molar-refractivity contribution is -0.178. The van der Waals surface area contributed by atoms with E-state index >= 15 is 0 Å². The van der Waals surface area contributed by atoms with Gasteiger partial charge in [0.05, 0.1) is 22.5 Å². The lowest BCUT2D eigenvalue weighted by Crippen LogP contribution is -2.34. The van der Waals surface area contributed by atoms with Crippen molar-refractivity contribution in [1.29, 1.82) is 0 Å². The third-order valence-electron chi connectivity index (χ3n) is 5.76. The van der Waals surface area contributed by atoms with Gasteiger partial charge in [-0.3, -0.25) is 9.59 Å². The average molecular weight is 526 g/mol. The van der Waals surface area contributed by atoms with Crippen molar-refractivity contribution in [2.24, 2.45) is 5.92 Å². The van der Waals surface area contributed by atoms with Crippen molar-refractivity contribution in [3.05, 3.63) is 64.2 Å². The van der Waals surface area contributed by atoms with E-state index in [1.54, 1.807) is 63.2 Å². The molecule has 0 bridgehead atoms. The molecule has 0 aliphatic heterocycles. The van der Waals surface area contributed by atoms with Gasteiger partial charge in [-0.25, -0.2) is 0 Å². The fourth-order valence-electron chi connectivity index (χ4n) is 3.72. The van der Waals surface area contributed by atoms with Gasteiger partial charge in [0, 0.05) is 6.42 Å². The molecule has 2 rings (SSSR count). The Morgan fingerprint density at radius 3 is 2.06 bits per heavy atom. The van der Waals surface area contributed by atoms with E-state index in [1.807, 2.05) is 20.8 Å². The first-order valence-corrected chi connectivity index (χ1v) is 12.2. The summed E-state index contributed by atoms with van der Waals surface area (Å²) in [6.07, 6.45) is -4.14. The smallest absolute Gasteiger partial charge is 0.392 e. The predicted octanol–water partition coefficient (Wildman–Crippen LogP) is 7.83. The van der Waals surface area contributed by atoms with E-state index in [0.717, 1.165) is 12.5 Å². The number of hydrogen-bond donors (Lipinski definition) is 1. The van der Waals surface area contributed by atoms with E-state index in [0.29, 0.717) is 12.0 Å². The molecular weight excluding hydrogens is 491 g/mol. The number of ether oxygens (including phenoxy) is 1. The van der Waals surface area contributed by atoms with Gasteiger partial charge in [0.15, 0.2) is 0 Å². The van der Waals surface area contributed by atoms with Gasteiger partial charge in [-0.05, 0) is 61.4 Å². The molecule has 2 aromatic carbocycles. The molecule has 0 saturated heterocycles. The fourth-order valence-corrected chi connectivity index (χ4v) is 3.88. The Morgan fingerprint density at radius 1 is 0.972 bits per heavy atom. The monoisotopic (exact) mass is 525 g/mol. The van der Waals surface area contributed by atoms with Crippen LogP contribution in [0.5, 0.6) is 0 Å².